The third kappa shape index (κ3) is 2.44. The monoisotopic (exact) mass is 376 g/mol. The first-order valence-corrected chi connectivity index (χ1v) is 9.93. The maximum atomic E-state index is 6.05. The van der Waals surface area contributed by atoms with Crippen LogP contribution in [0.15, 0.2) is 103 Å². The van der Waals surface area contributed by atoms with Crippen molar-refractivity contribution < 1.29 is 4.74 Å². The first-order chi connectivity index (χ1) is 14.4. The molecule has 3 heteroatoms. The third-order valence-electron chi connectivity index (χ3n) is 5.79. The van der Waals surface area contributed by atoms with Crippen molar-refractivity contribution >= 4 is 27.5 Å². The van der Waals surface area contributed by atoms with Crippen molar-refractivity contribution in [1.82, 2.24) is 4.57 Å². The lowest BCUT2D eigenvalue weighted by atomic mass is 10.1. The average Bonchev–Trinajstić information content (AvgIpc) is 3.36. The highest BCUT2D eigenvalue weighted by Crippen LogP contribution is 2.42. The molecular formula is C26H20N2O. The van der Waals surface area contributed by atoms with Gasteiger partial charge >= 0.3 is 0 Å². The fraction of sp³-hybridized carbons (Fsp3) is 0.0769. The maximum Gasteiger partial charge on any atom is 0.163 e. The molecule has 4 aromatic carbocycles. The van der Waals surface area contributed by atoms with Gasteiger partial charge in [-0.3, -0.25) is 0 Å². The summed E-state index contributed by atoms with van der Waals surface area (Å²) < 4.78 is 8.50. The first-order valence-electron chi connectivity index (χ1n) is 9.93. The van der Waals surface area contributed by atoms with Gasteiger partial charge in [0.15, 0.2) is 6.73 Å². The SMILES string of the molecule is c1ccc(C(N2COc3ccccc32)n2c3ccccc3c3ccccc32)cc1. The van der Waals surface area contributed by atoms with E-state index in [9.17, 15) is 0 Å². The zero-order valence-corrected chi connectivity index (χ0v) is 15.9. The van der Waals surface area contributed by atoms with Gasteiger partial charge in [0.2, 0.25) is 0 Å². The smallest absolute Gasteiger partial charge is 0.163 e. The van der Waals surface area contributed by atoms with Crippen molar-refractivity contribution in [2.45, 2.75) is 6.17 Å². The predicted molar refractivity (Wildman–Crippen MR) is 118 cm³/mol. The Labute approximate surface area is 169 Å². The summed E-state index contributed by atoms with van der Waals surface area (Å²) in [5.41, 5.74) is 4.82. The molecule has 1 aromatic heterocycles. The second kappa shape index (κ2) is 6.42. The standard InChI is InChI=1S/C26H20N2O/c1-2-10-19(11-3-1)26(27-18-29-25-17-9-8-16-24(25)27)28-22-14-6-4-12-20(22)21-13-5-7-15-23(21)28/h1-17,26H,18H2. The lowest BCUT2D eigenvalue weighted by molar-refractivity contribution is 0.329. The van der Waals surface area contributed by atoms with Gasteiger partial charge in [-0.1, -0.05) is 78.9 Å². The Morgan fingerprint density at radius 1 is 0.621 bits per heavy atom. The van der Waals surface area contributed by atoms with Crippen LogP contribution < -0.4 is 9.64 Å². The minimum atomic E-state index is -0.00958. The molecule has 0 amide bonds. The molecule has 6 rings (SSSR count). The van der Waals surface area contributed by atoms with E-state index in [0.29, 0.717) is 6.73 Å². The normalized spacial score (nSPS) is 14.1. The minimum absolute atomic E-state index is 0.00958. The van der Waals surface area contributed by atoms with Crippen molar-refractivity contribution in [3.63, 3.8) is 0 Å². The summed E-state index contributed by atoms with van der Waals surface area (Å²) in [6.07, 6.45) is -0.00958. The lowest BCUT2D eigenvalue weighted by Gasteiger charge is -2.31. The molecule has 2 heterocycles. The fourth-order valence-electron chi connectivity index (χ4n) is 4.54. The van der Waals surface area contributed by atoms with E-state index < -0.39 is 0 Å². The molecule has 0 bridgehead atoms. The van der Waals surface area contributed by atoms with Gasteiger partial charge in [-0.2, -0.15) is 0 Å². The predicted octanol–water partition coefficient (Wildman–Crippen LogP) is 6.20. The zero-order chi connectivity index (χ0) is 19.2. The molecule has 0 saturated carbocycles. The van der Waals surface area contributed by atoms with E-state index in [1.165, 1.54) is 27.4 Å². The number of ether oxygens (including phenoxy) is 1. The largest absolute Gasteiger partial charge is 0.471 e. The van der Waals surface area contributed by atoms with Crippen LogP contribution in [0.25, 0.3) is 21.8 Å². The first kappa shape index (κ1) is 16.3. The van der Waals surface area contributed by atoms with Crippen LogP contribution in [0.3, 0.4) is 0 Å². The van der Waals surface area contributed by atoms with Crippen molar-refractivity contribution in [3.8, 4) is 5.75 Å². The summed E-state index contributed by atoms with van der Waals surface area (Å²) in [7, 11) is 0. The van der Waals surface area contributed by atoms with Crippen LogP contribution in [0, 0.1) is 0 Å². The second-order valence-electron chi connectivity index (χ2n) is 7.40. The van der Waals surface area contributed by atoms with E-state index in [-0.39, 0.29) is 6.17 Å². The van der Waals surface area contributed by atoms with Gasteiger partial charge < -0.3 is 14.2 Å². The number of fused-ring (bicyclic) bond motifs is 4. The molecule has 29 heavy (non-hydrogen) atoms. The highest BCUT2D eigenvalue weighted by atomic mass is 16.5. The van der Waals surface area contributed by atoms with Gasteiger partial charge in [-0.15, -0.1) is 0 Å². The average molecular weight is 376 g/mol. The molecule has 1 aliphatic heterocycles. The second-order valence-corrected chi connectivity index (χ2v) is 7.40. The molecular weight excluding hydrogens is 356 g/mol. The summed E-state index contributed by atoms with van der Waals surface area (Å²) in [6.45, 7) is 0.528. The zero-order valence-electron chi connectivity index (χ0n) is 15.9. The Hall–Kier alpha value is -3.72. The highest BCUT2D eigenvalue weighted by molar-refractivity contribution is 6.08. The summed E-state index contributed by atoms with van der Waals surface area (Å²) >= 11 is 0. The minimum Gasteiger partial charge on any atom is -0.471 e. The van der Waals surface area contributed by atoms with Crippen molar-refractivity contribution in [2.24, 2.45) is 0 Å². The molecule has 0 radical (unpaired) electrons. The molecule has 3 nitrogen and oxygen atoms in total. The van der Waals surface area contributed by atoms with Crippen LogP contribution in [0.4, 0.5) is 5.69 Å². The lowest BCUT2D eigenvalue weighted by Crippen LogP contribution is -2.33. The van der Waals surface area contributed by atoms with Crippen LogP contribution in [0.1, 0.15) is 11.7 Å². The number of para-hydroxylation sites is 4. The van der Waals surface area contributed by atoms with Gasteiger partial charge in [0.05, 0.1) is 16.7 Å². The number of hydrogen-bond acceptors (Lipinski definition) is 2. The Morgan fingerprint density at radius 3 is 1.93 bits per heavy atom. The van der Waals surface area contributed by atoms with Crippen molar-refractivity contribution in [2.75, 3.05) is 11.6 Å². The molecule has 0 spiro atoms. The quantitative estimate of drug-likeness (QED) is 0.373. The van der Waals surface area contributed by atoms with Gasteiger partial charge in [0.1, 0.15) is 11.9 Å². The van der Waals surface area contributed by atoms with Crippen LogP contribution in [0.2, 0.25) is 0 Å². The Morgan fingerprint density at radius 2 is 1.21 bits per heavy atom. The van der Waals surface area contributed by atoms with E-state index >= 15 is 0 Å². The van der Waals surface area contributed by atoms with Crippen molar-refractivity contribution in [1.29, 1.82) is 0 Å². The molecule has 1 aliphatic rings. The number of anilines is 1. The topological polar surface area (TPSA) is 17.4 Å². The molecule has 140 valence electrons. The number of benzene rings is 4. The van der Waals surface area contributed by atoms with E-state index in [2.05, 4.69) is 100 Å². The molecule has 5 aromatic rings. The van der Waals surface area contributed by atoms with Gasteiger partial charge in [-0.05, 0) is 29.8 Å². The maximum absolute atomic E-state index is 6.05. The van der Waals surface area contributed by atoms with Crippen LogP contribution in [-0.4, -0.2) is 11.3 Å². The van der Waals surface area contributed by atoms with Crippen LogP contribution in [-0.2, 0) is 0 Å². The summed E-state index contributed by atoms with van der Waals surface area (Å²) in [6, 6.07) is 36.3. The number of nitrogens with zero attached hydrogens (tertiary/aromatic N) is 2. The molecule has 1 atom stereocenters. The van der Waals surface area contributed by atoms with Gasteiger partial charge in [-0.25, -0.2) is 0 Å². The van der Waals surface area contributed by atoms with E-state index in [1.54, 1.807) is 0 Å². The Balaban J connectivity index is 1.68. The van der Waals surface area contributed by atoms with Crippen LogP contribution in [0.5, 0.6) is 5.75 Å². The highest BCUT2D eigenvalue weighted by Gasteiger charge is 2.31. The number of aromatic nitrogens is 1. The van der Waals surface area contributed by atoms with E-state index in [4.69, 9.17) is 4.74 Å². The van der Waals surface area contributed by atoms with Crippen molar-refractivity contribution in [3.05, 3.63) is 109 Å². The summed E-state index contributed by atoms with van der Waals surface area (Å²) in [4.78, 5) is 2.35. The van der Waals surface area contributed by atoms with E-state index in [1.807, 2.05) is 12.1 Å². The van der Waals surface area contributed by atoms with Gasteiger partial charge in [0.25, 0.3) is 0 Å². The third-order valence-corrected chi connectivity index (χ3v) is 5.79. The Bertz CT molecular complexity index is 1270. The van der Waals surface area contributed by atoms with E-state index in [0.717, 1.165) is 11.4 Å². The molecule has 0 aliphatic carbocycles. The fourth-order valence-corrected chi connectivity index (χ4v) is 4.54. The molecule has 0 N–H and O–H groups in total. The van der Waals surface area contributed by atoms with Gasteiger partial charge in [0, 0.05) is 10.8 Å². The molecule has 0 saturated heterocycles. The molecule has 1 unspecified atom stereocenters. The Kier molecular flexibility index (Phi) is 3.60. The summed E-state index contributed by atoms with van der Waals surface area (Å²) in [5.74, 6) is 0.939. The van der Waals surface area contributed by atoms with Crippen LogP contribution >= 0.6 is 0 Å². The number of hydrogen-bond donors (Lipinski definition) is 0. The summed E-state index contributed by atoms with van der Waals surface area (Å²) in [5, 5.41) is 2.55. The molecule has 0 fully saturated rings. The number of rotatable bonds is 3.